The van der Waals surface area contributed by atoms with Gasteiger partial charge in [0.15, 0.2) is 0 Å². The fraction of sp³-hybridized carbons (Fsp3) is 0.263. The van der Waals surface area contributed by atoms with Gasteiger partial charge in [-0.1, -0.05) is 17.7 Å². The summed E-state index contributed by atoms with van der Waals surface area (Å²) >= 11 is 5.86. The van der Waals surface area contributed by atoms with Crippen LogP contribution in [0.25, 0.3) is 0 Å². The third-order valence-electron chi connectivity index (χ3n) is 4.02. The molecule has 1 aliphatic heterocycles. The van der Waals surface area contributed by atoms with E-state index in [0.29, 0.717) is 16.3 Å². The first-order chi connectivity index (χ1) is 12.6. The second kappa shape index (κ2) is 8.69. The number of morpholine rings is 1. The molecule has 0 radical (unpaired) electrons. The highest BCUT2D eigenvalue weighted by Crippen LogP contribution is 2.19. The van der Waals surface area contributed by atoms with Crippen LogP contribution in [0, 0.1) is 0 Å². The maximum atomic E-state index is 12.0. The lowest BCUT2D eigenvalue weighted by Crippen LogP contribution is -2.36. The summed E-state index contributed by atoms with van der Waals surface area (Å²) in [6.45, 7) is 3.06. The molecule has 0 atom stereocenters. The summed E-state index contributed by atoms with van der Waals surface area (Å²) in [5, 5.41) is 5.82. The lowest BCUT2D eigenvalue weighted by atomic mass is 10.2. The number of hydrogen-bond acceptors (Lipinski definition) is 4. The highest BCUT2D eigenvalue weighted by molar-refractivity contribution is 6.31. The number of amides is 2. The molecule has 1 aliphatic rings. The lowest BCUT2D eigenvalue weighted by Gasteiger charge is -2.28. The van der Waals surface area contributed by atoms with E-state index in [1.165, 1.54) is 0 Å². The summed E-state index contributed by atoms with van der Waals surface area (Å²) in [6, 6.07) is 14.2. The van der Waals surface area contributed by atoms with Crippen molar-refractivity contribution in [3.05, 3.63) is 59.1 Å². The van der Waals surface area contributed by atoms with E-state index in [9.17, 15) is 9.59 Å². The van der Waals surface area contributed by atoms with Crippen molar-refractivity contribution in [1.82, 2.24) is 5.32 Å². The average molecular weight is 374 g/mol. The highest BCUT2D eigenvalue weighted by atomic mass is 35.5. The topological polar surface area (TPSA) is 70.7 Å². The Balaban J connectivity index is 1.49. The Morgan fingerprint density at radius 3 is 2.50 bits per heavy atom. The molecule has 136 valence electrons. The van der Waals surface area contributed by atoms with E-state index in [-0.39, 0.29) is 18.4 Å². The van der Waals surface area contributed by atoms with Crippen LogP contribution in [0.2, 0.25) is 5.02 Å². The minimum atomic E-state index is -0.342. The third-order valence-corrected chi connectivity index (χ3v) is 4.26. The normalized spacial score (nSPS) is 14.0. The Hall–Kier alpha value is -2.57. The van der Waals surface area contributed by atoms with Crippen LogP contribution in [0.1, 0.15) is 10.4 Å². The van der Waals surface area contributed by atoms with Gasteiger partial charge in [-0.3, -0.25) is 9.59 Å². The van der Waals surface area contributed by atoms with Crippen molar-refractivity contribution < 1.29 is 14.3 Å². The SMILES string of the molecule is O=C(CNC(=O)c1cccc(Cl)c1)Nc1ccc(N2CCOCC2)cc1. The van der Waals surface area contributed by atoms with Crippen LogP contribution in [0.5, 0.6) is 0 Å². The Kier molecular flexibility index (Phi) is 6.09. The van der Waals surface area contributed by atoms with Gasteiger partial charge >= 0.3 is 0 Å². The Labute approximate surface area is 157 Å². The second-order valence-corrected chi connectivity index (χ2v) is 6.32. The van der Waals surface area contributed by atoms with Crippen molar-refractivity contribution in [2.75, 3.05) is 43.1 Å². The Bertz CT molecular complexity index is 774. The van der Waals surface area contributed by atoms with Gasteiger partial charge in [-0.2, -0.15) is 0 Å². The molecule has 0 bridgehead atoms. The number of carbonyl (C=O) groups is 2. The molecule has 0 unspecified atom stereocenters. The molecule has 2 N–H and O–H groups in total. The van der Waals surface area contributed by atoms with Crippen molar-refractivity contribution in [1.29, 1.82) is 0 Å². The van der Waals surface area contributed by atoms with Crippen LogP contribution in [-0.4, -0.2) is 44.7 Å². The van der Waals surface area contributed by atoms with E-state index < -0.39 is 0 Å². The van der Waals surface area contributed by atoms with Crippen molar-refractivity contribution in [3.63, 3.8) is 0 Å². The molecule has 26 heavy (non-hydrogen) atoms. The van der Waals surface area contributed by atoms with Crippen LogP contribution < -0.4 is 15.5 Å². The van der Waals surface area contributed by atoms with Crippen molar-refractivity contribution in [2.45, 2.75) is 0 Å². The fourth-order valence-corrected chi connectivity index (χ4v) is 2.86. The van der Waals surface area contributed by atoms with Gasteiger partial charge in [0.05, 0.1) is 19.8 Å². The van der Waals surface area contributed by atoms with Gasteiger partial charge in [0.1, 0.15) is 0 Å². The molecule has 0 aromatic heterocycles. The predicted octanol–water partition coefficient (Wildman–Crippen LogP) is 2.55. The molecule has 2 aromatic rings. The zero-order chi connectivity index (χ0) is 18.4. The molecule has 2 amide bonds. The smallest absolute Gasteiger partial charge is 0.251 e. The van der Waals surface area contributed by atoms with E-state index in [1.807, 2.05) is 24.3 Å². The molecule has 6 nitrogen and oxygen atoms in total. The van der Waals surface area contributed by atoms with Gasteiger partial charge in [0, 0.05) is 35.1 Å². The fourth-order valence-electron chi connectivity index (χ4n) is 2.67. The first kappa shape index (κ1) is 18.2. The standard InChI is InChI=1S/C19H20ClN3O3/c20-15-3-1-2-14(12-15)19(25)21-13-18(24)22-16-4-6-17(7-5-16)23-8-10-26-11-9-23/h1-7,12H,8-11,13H2,(H,21,25)(H,22,24). The van der Waals surface area contributed by atoms with E-state index >= 15 is 0 Å². The molecule has 1 heterocycles. The third kappa shape index (κ3) is 4.97. The molecular formula is C19H20ClN3O3. The van der Waals surface area contributed by atoms with Crippen LogP contribution in [0.3, 0.4) is 0 Å². The summed E-state index contributed by atoms with van der Waals surface area (Å²) < 4.78 is 5.34. The zero-order valence-electron chi connectivity index (χ0n) is 14.2. The number of anilines is 2. The molecule has 0 saturated carbocycles. The Morgan fingerprint density at radius 2 is 1.81 bits per heavy atom. The highest BCUT2D eigenvalue weighted by Gasteiger charge is 2.12. The second-order valence-electron chi connectivity index (χ2n) is 5.89. The van der Waals surface area contributed by atoms with Crippen LogP contribution in [-0.2, 0) is 9.53 Å². The minimum Gasteiger partial charge on any atom is -0.378 e. The van der Waals surface area contributed by atoms with Crippen LogP contribution in [0.4, 0.5) is 11.4 Å². The zero-order valence-corrected chi connectivity index (χ0v) is 15.0. The predicted molar refractivity (Wildman–Crippen MR) is 102 cm³/mol. The first-order valence-corrected chi connectivity index (χ1v) is 8.76. The maximum Gasteiger partial charge on any atom is 0.251 e. The molecular weight excluding hydrogens is 354 g/mol. The number of carbonyl (C=O) groups excluding carboxylic acids is 2. The average Bonchev–Trinajstić information content (AvgIpc) is 2.67. The van der Waals surface area contributed by atoms with E-state index in [0.717, 1.165) is 32.0 Å². The molecule has 1 saturated heterocycles. The van der Waals surface area contributed by atoms with Gasteiger partial charge in [-0.15, -0.1) is 0 Å². The van der Waals surface area contributed by atoms with E-state index in [2.05, 4.69) is 15.5 Å². The van der Waals surface area contributed by atoms with Crippen molar-refractivity contribution >= 4 is 34.8 Å². The number of halogens is 1. The maximum absolute atomic E-state index is 12.0. The van der Waals surface area contributed by atoms with Gasteiger partial charge < -0.3 is 20.3 Å². The Morgan fingerprint density at radius 1 is 1.08 bits per heavy atom. The molecule has 7 heteroatoms. The number of rotatable bonds is 5. The summed E-state index contributed by atoms with van der Waals surface area (Å²) in [5.74, 6) is -0.634. The molecule has 1 fully saturated rings. The molecule has 0 spiro atoms. The number of ether oxygens (including phenoxy) is 1. The van der Waals surface area contributed by atoms with Crippen LogP contribution in [0.15, 0.2) is 48.5 Å². The van der Waals surface area contributed by atoms with Crippen molar-refractivity contribution in [2.24, 2.45) is 0 Å². The summed E-state index contributed by atoms with van der Waals surface area (Å²) in [4.78, 5) is 26.3. The van der Waals surface area contributed by atoms with E-state index in [4.69, 9.17) is 16.3 Å². The molecule has 0 aliphatic carbocycles. The molecule has 2 aromatic carbocycles. The quantitative estimate of drug-likeness (QED) is 0.845. The van der Waals surface area contributed by atoms with Crippen LogP contribution >= 0.6 is 11.6 Å². The van der Waals surface area contributed by atoms with Crippen molar-refractivity contribution in [3.8, 4) is 0 Å². The van der Waals surface area contributed by atoms with Gasteiger partial charge in [-0.25, -0.2) is 0 Å². The molecule has 3 rings (SSSR count). The summed E-state index contributed by atoms with van der Waals surface area (Å²) in [6.07, 6.45) is 0. The van der Waals surface area contributed by atoms with E-state index in [1.54, 1.807) is 24.3 Å². The number of nitrogens with zero attached hydrogens (tertiary/aromatic N) is 1. The minimum absolute atomic E-state index is 0.115. The van der Waals surface area contributed by atoms with Gasteiger partial charge in [0.2, 0.25) is 5.91 Å². The first-order valence-electron chi connectivity index (χ1n) is 8.38. The number of nitrogens with one attached hydrogen (secondary N) is 2. The summed E-state index contributed by atoms with van der Waals surface area (Å²) in [7, 11) is 0. The number of benzene rings is 2. The van der Waals surface area contributed by atoms with Gasteiger partial charge in [-0.05, 0) is 42.5 Å². The summed E-state index contributed by atoms with van der Waals surface area (Å²) in [5.41, 5.74) is 2.20. The van der Waals surface area contributed by atoms with Gasteiger partial charge in [0.25, 0.3) is 5.91 Å². The monoisotopic (exact) mass is 373 g/mol. The number of hydrogen-bond donors (Lipinski definition) is 2. The lowest BCUT2D eigenvalue weighted by molar-refractivity contribution is -0.115. The largest absolute Gasteiger partial charge is 0.378 e.